The molecule has 5 nitrogen and oxygen atoms in total. The topological polar surface area (TPSA) is 55.6 Å². The third kappa shape index (κ3) is 2.86. The molecule has 0 aliphatic heterocycles. The van der Waals surface area contributed by atoms with Gasteiger partial charge < -0.3 is 5.32 Å². The maximum atomic E-state index is 5.97. The van der Waals surface area contributed by atoms with Crippen LogP contribution < -0.4 is 5.32 Å². The zero-order valence-corrected chi connectivity index (χ0v) is 11.4. The number of likely N-dealkylation sites (N-methyl/N-ethyl adjacent to an activating group) is 1. The van der Waals surface area contributed by atoms with E-state index in [0.717, 1.165) is 16.4 Å². The Morgan fingerprint density at radius 2 is 2.22 bits per heavy atom. The Balaban J connectivity index is 2.22. The summed E-state index contributed by atoms with van der Waals surface area (Å²) < 4.78 is 0. The fraction of sp³-hybridized carbons (Fsp3) is 0.417. The van der Waals surface area contributed by atoms with Crippen LogP contribution in [0.4, 0.5) is 0 Å². The molecule has 0 spiro atoms. The van der Waals surface area contributed by atoms with Crippen LogP contribution in [0.2, 0.25) is 5.02 Å². The fourth-order valence-electron chi connectivity index (χ4n) is 1.99. The molecule has 1 atom stereocenters. The van der Waals surface area contributed by atoms with Gasteiger partial charge >= 0.3 is 0 Å². The SMILES string of the molecule is CNC(Cc1nnn(C)n1)c1ccc(Cl)cc1C. The molecule has 1 heterocycles. The van der Waals surface area contributed by atoms with Gasteiger partial charge in [-0.2, -0.15) is 4.80 Å². The molecule has 1 N–H and O–H groups in total. The van der Waals surface area contributed by atoms with E-state index in [9.17, 15) is 0 Å². The number of aromatic nitrogens is 4. The number of aryl methyl sites for hydroxylation is 2. The number of tetrazole rings is 1. The van der Waals surface area contributed by atoms with E-state index in [0.29, 0.717) is 6.42 Å². The monoisotopic (exact) mass is 265 g/mol. The summed E-state index contributed by atoms with van der Waals surface area (Å²) in [6.45, 7) is 2.05. The van der Waals surface area contributed by atoms with Crippen LogP contribution >= 0.6 is 11.6 Å². The molecule has 2 aromatic rings. The number of rotatable bonds is 4. The Morgan fingerprint density at radius 3 is 2.78 bits per heavy atom. The molecule has 0 bridgehead atoms. The molecule has 0 saturated heterocycles. The lowest BCUT2D eigenvalue weighted by atomic mass is 9.99. The Kier molecular flexibility index (Phi) is 3.93. The molecule has 0 aliphatic rings. The maximum absolute atomic E-state index is 5.97. The van der Waals surface area contributed by atoms with Crippen molar-refractivity contribution >= 4 is 11.6 Å². The molecule has 0 fully saturated rings. The largest absolute Gasteiger partial charge is 0.313 e. The van der Waals surface area contributed by atoms with Gasteiger partial charge in [0.15, 0.2) is 5.82 Å². The van der Waals surface area contributed by atoms with Crippen molar-refractivity contribution in [1.82, 2.24) is 25.5 Å². The van der Waals surface area contributed by atoms with E-state index in [-0.39, 0.29) is 6.04 Å². The van der Waals surface area contributed by atoms with Gasteiger partial charge in [-0.3, -0.25) is 0 Å². The summed E-state index contributed by atoms with van der Waals surface area (Å²) in [5.41, 5.74) is 2.36. The van der Waals surface area contributed by atoms with Crippen LogP contribution in [0.25, 0.3) is 0 Å². The van der Waals surface area contributed by atoms with Gasteiger partial charge in [-0.25, -0.2) is 0 Å². The van der Waals surface area contributed by atoms with Gasteiger partial charge in [-0.1, -0.05) is 17.7 Å². The number of halogens is 1. The maximum Gasteiger partial charge on any atom is 0.176 e. The van der Waals surface area contributed by atoms with Gasteiger partial charge in [0, 0.05) is 17.5 Å². The van der Waals surface area contributed by atoms with Crippen LogP contribution in [0.15, 0.2) is 18.2 Å². The summed E-state index contributed by atoms with van der Waals surface area (Å²) in [6, 6.07) is 6.06. The first-order chi connectivity index (χ1) is 8.60. The number of nitrogens with one attached hydrogen (secondary N) is 1. The van der Waals surface area contributed by atoms with Crippen LogP contribution in [-0.2, 0) is 13.5 Å². The van der Waals surface area contributed by atoms with Gasteiger partial charge in [0.25, 0.3) is 0 Å². The average Bonchev–Trinajstić information content (AvgIpc) is 2.72. The molecular formula is C12H16ClN5. The second-order valence-corrected chi connectivity index (χ2v) is 4.68. The highest BCUT2D eigenvalue weighted by Crippen LogP contribution is 2.23. The lowest BCUT2D eigenvalue weighted by Gasteiger charge is -2.17. The van der Waals surface area contributed by atoms with E-state index in [2.05, 4.69) is 27.7 Å². The van der Waals surface area contributed by atoms with E-state index in [1.807, 2.05) is 25.2 Å². The molecule has 1 aromatic carbocycles. The van der Waals surface area contributed by atoms with Crippen LogP contribution in [0, 0.1) is 6.92 Å². The summed E-state index contributed by atoms with van der Waals surface area (Å²) in [5, 5.41) is 16.1. The zero-order chi connectivity index (χ0) is 13.1. The van der Waals surface area contributed by atoms with Crippen LogP contribution in [0.5, 0.6) is 0 Å². The number of nitrogens with zero attached hydrogens (tertiary/aromatic N) is 4. The Hall–Kier alpha value is -1.46. The van der Waals surface area contributed by atoms with E-state index < -0.39 is 0 Å². The fourth-order valence-corrected chi connectivity index (χ4v) is 2.21. The third-order valence-corrected chi connectivity index (χ3v) is 3.13. The summed E-state index contributed by atoms with van der Waals surface area (Å²) >= 11 is 5.97. The summed E-state index contributed by atoms with van der Waals surface area (Å²) in [5.74, 6) is 0.728. The van der Waals surface area contributed by atoms with E-state index in [1.165, 1.54) is 10.4 Å². The molecule has 0 amide bonds. The van der Waals surface area contributed by atoms with Gasteiger partial charge in [0.2, 0.25) is 0 Å². The van der Waals surface area contributed by atoms with Gasteiger partial charge in [-0.15, -0.1) is 10.2 Å². The lowest BCUT2D eigenvalue weighted by molar-refractivity contribution is 0.567. The minimum absolute atomic E-state index is 0.159. The molecule has 1 unspecified atom stereocenters. The van der Waals surface area contributed by atoms with E-state index in [4.69, 9.17) is 11.6 Å². The zero-order valence-electron chi connectivity index (χ0n) is 10.7. The van der Waals surface area contributed by atoms with Crippen LogP contribution in [-0.4, -0.2) is 27.3 Å². The highest BCUT2D eigenvalue weighted by Gasteiger charge is 2.15. The summed E-state index contributed by atoms with van der Waals surface area (Å²) in [6.07, 6.45) is 0.701. The minimum Gasteiger partial charge on any atom is -0.313 e. The van der Waals surface area contributed by atoms with Crippen molar-refractivity contribution in [3.05, 3.63) is 40.2 Å². The second-order valence-electron chi connectivity index (χ2n) is 4.24. The standard InChI is InChI=1S/C12H16ClN5/c1-8-6-9(13)4-5-10(8)11(14-2)7-12-15-17-18(3)16-12/h4-6,11,14H,7H2,1-3H3. The van der Waals surface area contributed by atoms with Gasteiger partial charge in [-0.05, 0) is 42.4 Å². The first kappa shape index (κ1) is 13.0. The third-order valence-electron chi connectivity index (χ3n) is 2.89. The van der Waals surface area contributed by atoms with Crippen molar-refractivity contribution in [3.8, 4) is 0 Å². The molecule has 18 heavy (non-hydrogen) atoms. The van der Waals surface area contributed by atoms with Crippen molar-refractivity contribution in [2.45, 2.75) is 19.4 Å². The highest BCUT2D eigenvalue weighted by molar-refractivity contribution is 6.30. The van der Waals surface area contributed by atoms with Gasteiger partial charge in [0.1, 0.15) is 0 Å². The Labute approximate surface area is 111 Å². The second kappa shape index (κ2) is 5.46. The van der Waals surface area contributed by atoms with Gasteiger partial charge in [0.05, 0.1) is 7.05 Å². The first-order valence-corrected chi connectivity index (χ1v) is 6.14. The molecule has 0 saturated carbocycles. The number of benzene rings is 1. The number of hydrogen-bond donors (Lipinski definition) is 1. The summed E-state index contributed by atoms with van der Waals surface area (Å²) in [4.78, 5) is 1.47. The smallest absolute Gasteiger partial charge is 0.176 e. The van der Waals surface area contributed by atoms with Crippen molar-refractivity contribution in [2.75, 3.05) is 7.05 Å². The molecule has 6 heteroatoms. The molecular weight excluding hydrogens is 250 g/mol. The minimum atomic E-state index is 0.159. The number of hydrogen-bond acceptors (Lipinski definition) is 4. The average molecular weight is 266 g/mol. The van der Waals surface area contributed by atoms with Crippen molar-refractivity contribution in [3.63, 3.8) is 0 Å². The molecule has 2 rings (SSSR count). The molecule has 96 valence electrons. The van der Waals surface area contributed by atoms with Crippen molar-refractivity contribution in [2.24, 2.45) is 7.05 Å². The van der Waals surface area contributed by atoms with Crippen molar-refractivity contribution in [1.29, 1.82) is 0 Å². The van der Waals surface area contributed by atoms with Crippen molar-refractivity contribution < 1.29 is 0 Å². The highest BCUT2D eigenvalue weighted by atomic mass is 35.5. The van der Waals surface area contributed by atoms with Crippen LogP contribution in [0.1, 0.15) is 23.0 Å². The molecule has 0 radical (unpaired) electrons. The Morgan fingerprint density at radius 1 is 1.44 bits per heavy atom. The van der Waals surface area contributed by atoms with E-state index >= 15 is 0 Å². The normalized spacial score (nSPS) is 12.7. The predicted octanol–water partition coefficient (Wildman–Crippen LogP) is 1.68. The molecule has 1 aromatic heterocycles. The quantitative estimate of drug-likeness (QED) is 0.914. The molecule has 0 aliphatic carbocycles. The lowest BCUT2D eigenvalue weighted by Crippen LogP contribution is -2.20. The first-order valence-electron chi connectivity index (χ1n) is 5.76. The summed E-state index contributed by atoms with van der Waals surface area (Å²) in [7, 11) is 3.69. The van der Waals surface area contributed by atoms with E-state index in [1.54, 1.807) is 7.05 Å². The predicted molar refractivity (Wildman–Crippen MR) is 70.5 cm³/mol. The van der Waals surface area contributed by atoms with Crippen LogP contribution in [0.3, 0.4) is 0 Å². The Bertz CT molecular complexity index is 537.